The van der Waals surface area contributed by atoms with E-state index < -0.39 is 99.2 Å². The highest BCUT2D eigenvalue weighted by atomic mass is 16.7. The van der Waals surface area contributed by atoms with E-state index in [1.165, 1.54) is 25.2 Å². The molecule has 3 aromatic rings. The van der Waals surface area contributed by atoms with Gasteiger partial charge in [0.2, 0.25) is 0 Å². The van der Waals surface area contributed by atoms with E-state index >= 15 is 0 Å². The van der Waals surface area contributed by atoms with Gasteiger partial charge in [0.25, 0.3) is 34.1 Å². The molecule has 0 saturated heterocycles. The van der Waals surface area contributed by atoms with Crippen LogP contribution >= 0.6 is 0 Å². The molecule has 0 spiro atoms. The van der Waals surface area contributed by atoms with Gasteiger partial charge in [-0.2, -0.15) is 4.90 Å². The highest BCUT2D eigenvalue weighted by molar-refractivity contribution is 6.11. The number of imide groups is 1. The van der Waals surface area contributed by atoms with Gasteiger partial charge in [-0.15, -0.1) is 0 Å². The van der Waals surface area contributed by atoms with Gasteiger partial charge in [0.05, 0.1) is 65.2 Å². The summed E-state index contributed by atoms with van der Waals surface area (Å²) in [7, 11) is 1.35. The van der Waals surface area contributed by atoms with Crippen molar-refractivity contribution in [3.8, 4) is 0 Å². The second-order valence-electron chi connectivity index (χ2n) is 9.49. The Labute approximate surface area is 270 Å². The molecule has 2 atom stereocenters. The first-order valence-corrected chi connectivity index (χ1v) is 13.1. The van der Waals surface area contributed by atoms with Crippen molar-refractivity contribution in [3.63, 3.8) is 0 Å². The number of carbonyl (C=O) groups excluding carboxylic acids is 2. The zero-order valence-electron chi connectivity index (χ0n) is 24.9. The lowest BCUT2D eigenvalue weighted by atomic mass is 10.0. The number of nitrogens with one attached hydrogen (secondary N) is 1. The molecule has 0 heterocycles. The highest BCUT2D eigenvalue weighted by Crippen LogP contribution is 2.42. The number of ether oxygens (including phenoxy) is 2. The number of hydrogen-bond acceptors (Lipinski definition) is 17. The standard InChI is InChI=1S/C25H20N8O16/c1-12(22-18(30(40)41)8-14(28(36)37)9-19(22)31(42)43)48-24(34)27(17-7-5-4-6-16(17)26-3)25(35)49-13(2)23-20(32(44)45)10-15(29(38)39)11-21(23)33(46)47/h4-13,26H,1-3H3. The number of benzene rings is 3. The first-order valence-electron chi connectivity index (χ1n) is 13.1. The summed E-state index contributed by atoms with van der Waals surface area (Å²) in [6.45, 7) is 1.83. The second-order valence-corrected chi connectivity index (χ2v) is 9.49. The molecule has 2 amide bonds. The van der Waals surface area contributed by atoms with Gasteiger partial charge in [-0.05, 0) is 26.0 Å². The first-order chi connectivity index (χ1) is 22.9. The summed E-state index contributed by atoms with van der Waals surface area (Å²) >= 11 is 0. The van der Waals surface area contributed by atoms with Crippen molar-refractivity contribution in [1.82, 2.24) is 0 Å². The Morgan fingerprint density at radius 2 is 0.939 bits per heavy atom. The van der Waals surface area contributed by atoms with Crippen molar-refractivity contribution in [2.24, 2.45) is 0 Å². The summed E-state index contributed by atoms with van der Waals surface area (Å²) in [5, 5.41) is 72.2. The Balaban J connectivity index is 2.15. The van der Waals surface area contributed by atoms with Gasteiger partial charge in [0.15, 0.2) is 0 Å². The SMILES string of the molecule is CNc1ccccc1N(C(=O)OC(C)c1c([N+](=O)[O-])cc([N+](=O)[O-])cc1[N+](=O)[O-])C(=O)OC(C)c1c([N+](=O)[O-])cc([N+](=O)[O-])cc1[N+](=O)[O-]. The molecule has 3 aromatic carbocycles. The molecule has 0 saturated carbocycles. The predicted octanol–water partition coefficient (Wildman–Crippen LogP) is 5.78. The fourth-order valence-electron chi connectivity index (χ4n) is 4.54. The van der Waals surface area contributed by atoms with Crippen LogP contribution in [-0.4, -0.2) is 48.8 Å². The summed E-state index contributed by atoms with van der Waals surface area (Å²) in [5.41, 5.74) is -8.93. The number of nitrogens with zero attached hydrogens (tertiary/aromatic N) is 7. The minimum Gasteiger partial charge on any atom is -0.440 e. The molecule has 24 nitrogen and oxygen atoms in total. The number of amides is 2. The van der Waals surface area contributed by atoms with E-state index in [-0.39, 0.29) is 16.3 Å². The normalized spacial score (nSPS) is 11.7. The van der Waals surface area contributed by atoms with E-state index in [9.17, 15) is 70.3 Å². The summed E-state index contributed by atoms with van der Waals surface area (Å²) < 4.78 is 10.4. The van der Waals surface area contributed by atoms with Gasteiger partial charge < -0.3 is 14.8 Å². The number of rotatable bonds is 12. The monoisotopic (exact) mass is 688 g/mol. The van der Waals surface area contributed by atoms with Gasteiger partial charge in [-0.3, -0.25) is 60.7 Å². The van der Waals surface area contributed by atoms with Crippen molar-refractivity contribution in [3.05, 3.63) is 120 Å². The molecule has 2 unspecified atom stereocenters. The van der Waals surface area contributed by atoms with E-state index in [1.54, 1.807) is 0 Å². The van der Waals surface area contributed by atoms with Crippen LogP contribution in [0.15, 0.2) is 48.5 Å². The van der Waals surface area contributed by atoms with E-state index in [4.69, 9.17) is 9.47 Å². The van der Waals surface area contributed by atoms with Crippen molar-refractivity contribution in [2.45, 2.75) is 26.1 Å². The molecular weight excluding hydrogens is 668 g/mol. The van der Waals surface area contributed by atoms with Crippen LogP contribution in [0.25, 0.3) is 0 Å². The third kappa shape index (κ3) is 7.54. The number of anilines is 2. The number of nitro benzene ring substituents is 6. The maximum Gasteiger partial charge on any atom is 0.424 e. The molecule has 0 fully saturated rings. The zero-order valence-corrected chi connectivity index (χ0v) is 24.9. The second kappa shape index (κ2) is 14.4. The third-order valence-corrected chi connectivity index (χ3v) is 6.60. The molecule has 49 heavy (non-hydrogen) atoms. The van der Waals surface area contributed by atoms with Crippen molar-refractivity contribution < 1.29 is 48.6 Å². The number of nitro groups is 6. The van der Waals surface area contributed by atoms with Gasteiger partial charge in [0, 0.05) is 7.05 Å². The quantitative estimate of drug-likeness (QED) is 0.174. The molecule has 0 aromatic heterocycles. The molecule has 0 aliphatic rings. The largest absolute Gasteiger partial charge is 0.440 e. The maximum absolute atomic E-state index is 13.6. The average molecular weight is 688 g/mol. The zero-order chi connectivity index (χ0) is 36.9. The van der Waals surface area contributed by atoms with Crippen LogP contribution in [0.4, 0.5) is 55.1 Å². The Bertz CT molecular complexity index is 1750. The maximum atomic E-state index is 13.6. The van der Waals surface area contributed by atoms with Gasteiger partial charge >= 0.3 is 12.2 Å². The number of carbonyl (C=O) groups is 2. The summed E-state index contributed by atoms with van der Waals surface area (Å²) in [6, 6.07) is 6.81. The van der Waals surface area contributed by atoms with Crippen LogP contribution in [0.1, 0.15) is 37.2 Å². The number of hydrogen-bond donors (Lipinski definition) is 1. The lowest BCUT2D eigenvalue weighted by molar-refractivity contribution is -0.405. The summed E-state index contributed by atoms with van der Waals surface area (Å²) in [6.07, 6.45) is -7.36. The minimum absolute atomic E-state index is 0.0244. The van der Waals surface area contributed by atoms with Crippen LogP contribution < -0.4 is 10.2 Å². The molecule has 256 valence electrons. The molecular formula is C25H20N8O16. The molecule has 0 aliphatic heterocycles. The predicted molar refractivity (Wildman–Crippen MR) is 161 cm³/mol. The molecule has 1 N–H and O–H groups in total. The van der Waals surface area contributed by atoms with E-state index in [0.29, 0.717) is 24.3 Å². The summed E-state index contributed by atoms with van der Waals surface area (Å²) in [5.74, 6) is 0. The van der Waals surface area contributed by atoms with E-state index in [2.05, 4.69) is 5.32 Å². The number of non-ortho nitro benzene ring substituents is 2. The topological polar surface area (TPSA) is 327 Å². The molecule has 0 radical (unpaired) electrons. The third-order valence-electron chi connectivity index (χ3n) is 6.60. The van der Waals surface area contributed by atoms with E-state index in [0.717, 1.165) is 19.9 Å². The Hall–Kier alpha value is -7.40. The Morgan fingerprint density at radius 1 is 0.612 bits per heavy atom. The number of para-hydroxylation sites is 2. The van der Waals surface area contributed by atoms with Crippen LogP contribution in [0.3, 0.4) is 0 Å². The van der Waals surface area contributed by atoms with Crippen LogP contribution in [0.5, 0.6) is 0 Å². The lowest BCUT2D eigenvalue weighted by Gasteiger charge is -2.25. The Morgan fingerprint density at radius 3 is 1.22 bits per heavy atom. The van der Waals surface area contributed by atoms with Crippen molar-refractivity contribution in [1.29, 1.82) is 0 Å². The van der Waals surface area contributed by atoms with Crippen LogP contribution in [0.2, 0.25) is 0 Å². The fraction of sp³-hybridized carbons (Fsp3) is 0.200. The van der Waals surface area contributed by atoms with Crippen molar-refractivity contribution in [2.75, 3.05) is 17.3 Å². The van der Waals surface area contributed by atoms with Gasteiger partial charge in [-0.25, -0.2) is 9.59 Å². The highest BCUT2D eigenvalue weighted by Gasteiger charge is 2.40. The van der Waals surface area contributed by atoms with Crippen molar-refractivity contribution >= 4 is 57.7 Å². The van der Waals surface area contributed by atoms with Crippen LogP contribution in [-0.2, 0) is 9.47 Å². The van der Waals surface area contributed by atoms with Gasteiger partial charge in [-0.1, -0.05) is 12.1 Å². The minimum atomic E-state index is -1.96. The average Bonchev–Trinajstić information content (AvgIpc) is 3.03. The Kier molecular flexibility index (Phi) is 10.6. The molecule has 3 rings (SSSR count). The molecule has 24 heteroatoms. The molecule has 0 aliphatic carbocycles. The fourth-order valence-corrected chi connectivity index (χ4v) is 4.54. The van der Waals surface area contributed by atoms with Crippen LogP contribution in [0, 0.1) is 60.7 Å². The first kappa shape index (κ1) is 36.1. The van der Waals surface area contributed by atoms with E-state index in [1.807, 2.05) is 0 Å². The van der Waals surface area contributed by atoms with Gasteiger partial charge in [0.1, 0.15) is 23.3 Å². The lowest BCUT2D eigenvalue weighted by Crippen LogP contribution is -2.39. The summed E-state index contributed by atoms with van der Waals surface area (Å²) in [4.78, 5) is 89.8. The smallest absolute Gasteiger partial charge is 0.424 e. The molecule has 0 bridgehead atoms.